The number of amides is 1. The number of rotatable bonds is 8. The number of fused-ring (bicyclic) bond motifs is 1. The molecule has 0 aliphatic carbocycles. The van der Waals surface area contributed by atoms with Crippen LogP contribution in [0.3, 0.4) is 0 Å². The van der Waals surface area contributed by atoms with Gasteiger partial charge in [-0.2, -0.15) is 0 Å². The van der Waals surface area contributed by atoms with Crippen molar-refractivity contribution in [3.8, 4) is 5.75 Å². The van der Waals surface area contributed by atoms with Gasteiger partial charge in [-0.25, -0.2) is 0 Å². The lowest BCUT2D eigenvalue weighted by molar-refractivity contribution is 0.00635. The smallest absolute Gasteiger partial charge is 0.268 e. The van der Waals surface area contributed by atoms with Crippen LogP contribution in [0.4, 0.5) is 0 Å². The Morgan fingerprint density at radius 1 is 1.06 bits per heavy atom. The highest BCUT2D eigenvalue weighted by Crippen LogP contribution is 2.30. The summed E-state index contributed by atoms with van der Waals surface area (Å²) in [6, 6.07) is 18.9. The number of carbonyl (C=O) groups is 1. The maximum absolute atomic E-state index is 13.6. The van der Waals surface area contributed by atoms with Crippen LogP contribution in [0.2, 0.25) is 0 Å². The third kappa shape index (κ3) is 5.71. The zero-order valence-electron chi connectivity index (χ0n) is 20.7. The van der Waals surface area contributed by atoms with Gasteiger partial charge in [0.1, 0.15) is 11.4 Å². The van der Waals surface area contributed by atoms with Crippen LogP contribution in [0.15, 0.2) is 54.6 Å². The Bertz CT molecular complexity index is 1110. The van der Waals surface area contributed by atoms with Gasteiger partial charge in [-0.15, -0.1) is 0 Å². The normalized spacial score (nSPS) is 19.6. The number of piperidine rings is 1. The van der Waals surface area contributed by atoms with Gasteiger partial charge in [0, 0.05) is 44.2 Å². The van der Waals surface area contributed by atoms with Crippen LogP contribution >= 0.6 is 0 Å². The highest BCUT2D eigenvalue weighted by atomic mass is 16.5. The SMILES string of the molecule is CCOc1cccc2c1cc(C(=O)NC1CCN(Cc3ccccc3)CC1)n2CC1CCCCO1. The van der Waals surface area contributed by atoms with Crippen molar-refractivity contribution in [3.05, 3.63) is 65.9 Å². The van der Waals surface area contributed by atoms with Gasteiger partial charge in [0.05, 0.1) is 18.2 Å². The number of nitrogens with zero attached hydrogens (tertiary/aromatic N) is 2. The fraction of sp³-hybridized carbons (Fsp3) is 0.483. The molecular formula is C29H37N3O3. The van der Waals surface area contributed by atoms with E-state index in [0.717, 1.165) is 68.6 Å². The Kier molecular flexibility index (Phi) is 7.69. The van der Waals surface area contributed by atoms with E-state index in [9.17, 15) is 4.79 Å². The van der Waals surface area contributed by atoms with Crippen molar-refractivity contribution in [2.24, 2.45) is 0 Å². The van der Waals surface area contributed by atoms with E-state index >= 15 is 0 Å². The molecule has 1 unspecified atom stereocenters. The number of likely N-dealkylation sites (tertiary alicyclic amines) is 1. The van der Waals surface area contributed by atoms with E-state index in [0.29, 0.717) is 18.8 Å². The molecule has 1 N–H and O–H groups in total. The number of hydrogen-bond acceptors (Lipinski definition) is 4. The number of hydrogen-bond donors (Lipinski definition) is 1. The third-order valence-electron chi connectivity index (χ3n) is 7.27. The van der Waals surface area contributed by atoms with E-state index in [2.05, 4.69) is 51.2 Å². The average Bonchev–Trinajstić information content (AvgIpc) is 3.26. The van der Waals surface area contributed by atoms with Crippen molar-refractivity contribution in [1.82, 2.24) is 14.8 Å². The summed E-state index contributed by atoms with van der Waals surface area (Å²) < 4.78 is 14.1. The number of benzene rings is 2. The van der Waals surface area contributed by atoms with Crippen LogP contribution in [0.25, 0.3) is 10.9 Å². The van der Waals surface area contributed by atoms with E-state index in [-0.39, 0.29) is 18.1 Å². The first kappa shape index (κ1) is 23.9. The second kappa shape index (κ2) is 11.3. The van der Waals surface area contributed by atoms with Gasteiger partial charge in [-0.3, -0.25) is 9.69 Å². The Labute approximate surface area is 208 Å². The monoisotopic (exact) mass is 475 g/mol. The molecule has 3 heterocycles. The number of carbonyl (C=O) groups excluding carboxylic acids is 1. The maximum Gasteiger partial charge on any atom is 0.268 e. The zero-order valence-corrected chi connectivity index (χ0v) is 20.7. The molecule has 0 bridgehead atoms. The van der Waals surface area contributed by atoms with Crippen LogP contribution in [0.1, 0.15) is 55.1 Å². The number of nitrogens with one attached hydrogen (secondary N) is 1. The van der Waals surface area contributed by atoms with Crippen LogP contribution in [-0.2, 0) is 17.8 Å². The second-order valence-electron chi connectivity index (χ2n) is 9.76. The quantitative estimate of drug-likeness (QED) is 0.498. The Hall–Kier alpha value is -2.83. The fourth-order valence-electron chi connectivity index (χ4n) is 5.41. The second-order valence-corrected chi connectivity index (χ2v) is 9.76. The van der Waals surface area contributed by atoms with Crippen molar-refractivity contribution in [3.63, 3.8) is 0 Å². The lowest BCUT2D eigenvalue weighted by atomic mass is 10.0. The van der Waals surface area contributed by atoms with E-state index < -0.39 is 0 Å². The van der Waals surface area contributed by atoms with Crippen LogP contribution in [-0.4, -0.2) is 53.8 Å². The van der Waals surface area contributed by atoms with Gasteiger partial charge in [-0.05, 0) is 62.8 Å². The predicted octanol–water partition coefficient (Wildman–Crippen LogP) is 5.00. The molecule has 1 atom stereocenters. The van der Waals surface area contributed by atoms with Crippen LogP contribution in [0, 0.1) is 0 Å². The Morgan fingerprint density at radius 2 is 1.89 bits per heavy atom. The summed E-state index contributed by atoms with van der Waals surface area (Å²) in [5.74, 6) is 0.831. The minimum absolute atomic E-state index is 0.000896. The molecule has 6 nitrogen and oxygen atoms in total. The molecular weight excluding hydrogens is 438 g/mol. The van der Waals surface area contributed by atoms with E-state index in [1.54, 1.807) is 0 Å². The van der Waals surface area contributed by atoms with Crippen molar-refractivity contribution < 1.29 is 14.3 Å². The summed E-state index contributed by atoms with van der Waals surface area (Å²) in [7, 11) is 0. The van der Waals surface area contributed by atoms with Gasteiger partial charge in [0.25, 0.3) is 5.91 Å². The predicted molar refractivity (Wildman–Crippen MR) is 139 cm³/mol. The molecule has 2 aliphatic heterocycles. The van der Waals surface area contributed by atoms with E-state index in [1.165, 1.54) is 12.0 Å². The molecule has 1 amide bonds. The molecule has 186 valence electrons. The summed E-state index contributed by atoms with van der Waals surface area (Å²) in [6.07, 6.45) is 5.41. The van der Waals surface area contributed by atoms with E-state index in [1.807, 2.05) is 25.1 Å². The lowest BCUT2D eigenvalue weighted by Gasteiger charge is -2.32. The van der Waals surface area contributed by atoms with Crippen molar-refractivity contribution in [1.29, 1.82) is 0 Å². The molecule has 0 saturated carbocycles. The standard InChI is InChI=1S/C29H37N3O3/c1-2-34-28-13-8-12-26-25(28)19-27(32(26)21-24-11-6-7-18-35-24)29(33)30-23-14-16-31(17-15-23)20-22-9-4-3-5-10-22/h3-5,8-10,12-13,19,23-24H,2,6-7,11,14-18,20-21H2,1H3,(H,30,33). The Morgan fingerprint density at radius 3 is 2.63 bits per heavy atom. The van der Waals surface area contributed by atoms with Crippen LogP contribution < -0.4 is 10.1 Å². The Balaban J connectivity index is 1.30. The largest absolute Gasteiger partial charge is 0.493 e. The topological polar surface area (TPSA) is 55.7 Å². The van der Waals surface area contributed by atoms with Gasteiger partial charge in [-0.1, -0.05) is 36.4 Å². The molecule has 6 heteroatoms. The molecule has 2 aliphatic rings. The zero-order chi connectivity index (χ0) is 24.0. The minimum Gasteiger partial charge on any atom is -0.493 e. The summed E-state index contributed by atoms with van der Waals surface area (Å²) in [5.41, 5.74) is 3.08. The van der Waals surface area contributed by atoms with Gasteiger partial charge < -0.3 is 19.4 Å². The fourth-order valence-corrected chi connectivity index (χ4v) is 5.41. The summed E-state index contributed by atoms with van der Waals surface area (Å²) >= 11 is 0. The lowest BCUT2D eigenvalue weighted by Crippen LogP contribution is -2.44. The highest BCUT2D eigenvalue weighted by Gasteiger charge is 2.25. The molecule has 5 rings (SSSR count). The maximum atomic E-state index is 13.6. The molecule has 0 spiro atoms. The van der Waals surface area contributed by atoms with Gasteiger partial charge >= 0.3 is 0 Å². The molecule has 2 aromatic carbocycles. The molecule has 2 fully saturated rings. The minimum atomic E-state index is 0.000896. The van der Waals surface area contributed by atoms with Crippen LogP contribution in [0.5, 0.6) is 5.75 Å². The molecule has 2 saturated heterocycles. The average molecular weight is 476 g/mol. The third-order valence-corrected chi connectivity index (χ3v) is 7.27. The van der Waals surface area contributed by atoms with Gasteiger partial charge in [0.15, 0.2) is 0 Å². The highest BCUT2D eigenvalue weighted by molar-refractivity contribution is 6.00. The molecule has 35 heavy (non-hydrogen) atoms. The number of aromatic nitrogens is 1. The first-order valence-electron chi connectivity index (χ1n) is 13.1. The molecule has 3 aromatic rings. The first-order valence-corrected chi connectivity index (χ1v) is 13.1. The van der Waals surface area contributed by atoms with E-state index in [4.69, 9.17) is 9.47 Å². The summed E-state index contributed by atoms with van der Waals surface area (Å²) in [5, 5.41) is 4.34. The molecule has 1 aromatic heterocycles. The summed E-state index contributed by atoms with van der Waals surface area (Å²) in [4.78, 5) is 16.0. The van der Waals surface area contributed by atoms with Gasteiger partial charge in [0.2, 0.25) is 0 Å². The van der Waals surface area contributed by atoms with Crippen molar-refractivity contribution in [2.45, 2.75) is 64.3 Å². The summed E-state index contributed by atoms with van der Waals surface area (Å²) in [6.45, 7) is 7.04. The van der Waals surface area contributed by atoms with Crippen molar-refractivity contribution >= 4 is 16.8 Å². The molecule has 0 radical (unpaired) electrons. The number of ether oxygens (including phenoxy) is 2. The van der Waals surface area contributed by atoms with Crippen molar-refractivity contribution in [2.75, 3.05) is 26.3 Å². The first-order chi connectivity index (χ1) is 17.2.